The van der Waals surface area contributed by atoms with Crippen LogP contribution in [-0.4, -0.2) is 12.5 Å². The number of hydrogen-bond acceptors (Lipinski definition) is 4. The largest absolute Gasteiger partial charge is 0.329 e. The molecule has 1 amide bonds. The summed E-state index contributed by atoms with van der Waals surface area (Å²) in [6.07, 6.45) is 1.38. The van der Waals surface area contributed by atoms with Crippen molar-refractivity contribution in [1.82, 2.24) is 0 Å². The first-order valence-corrected chi connectivity index (χ1v) is 7.29. The van der Waals surface area contributed by atoms with E-state index in [4.69, 9.17) is 5.73 Å². The number of amides is 1. The van der Waals surface area contributed by atoms with E-state index in [0.29, 0.717) is 30.0 Å². The monoisotopic (exact) mass is 279 g/mol. The van der Waals surface area contributed by atoms with Crippen molar-refractivity contribution in [2.45, 2.75) is 40.5 Å². The Kier molecular flexibility index (Phi) is 5.10. The molecule has 104 valence electrons. The maximum Gasteiger partial charge on any atom is 0.232 e. The van der Waals surface area contributed by atoms with Crippen molar-refractivity contribution in [2.24, 2.45) is 11.1 Å². The highest BCUT2D eigenvalue weighted by Crippen LogP contribution is 2.34. The fourth-order valence-electron chi connectivity index (χ4n) is 2.04. The van der Waals surface area contributed by atoms with Gasteiger partial charge in [-0.15, -0.1) is 11.3 Å². The van der Waals surface area contributed by atoms with Crippen LogP contribution in [0.2, 0.25) is 0 Å². The summed E-state index contributed by atoms with van der Waals surface area (Å²) in [5, 5.41) is 12.7. The van der Waals surface area contributed by atoms with Gasteiger partial charge in [-0.1, -0.05) is 13.8 Å². The normalized spacial score (nSPS) is 11.2. The molecule has 0 fully saturated rings. The van der Waals surface area contributed by atoms with Gasteiger partial charge in [0.25, 0.3) is 0 Å². The molecule has 0 aromatic carbocycles. The fourth-order valence-corrected chi connectivity index (χ4v) is 3.04. The molecule has 0 saturated heterocycles. The third kappa shape index (κ3) is 2.80. The second-order valence-corrected chi connectivity index (χ2v) is 5.97. The van der Waals surface area contributed by atoms with Gasteiger partial charge >= 0.3 is 0 Å². The first kappa shape index (κ1) is 15.7. The summed E-state index contributed by atoms with van der Waals surface area (Å²) in [5.41, 5.74) is 6.73. The standard InChI is InChI=1S/C14H21N3OS/c1-5-14(6-2,8-16)13(18)17-12-11(7-15)9(3)10(4)19-12/h5-6,8,16H2,1-4H3,(H,17,18). The molecule has 3 N–H and O–H groups in total. The van der Waals surface area contributed by atoms with Crippen molar-refractivity contribution in [2.75, 3.05) is 11.9 Å². The minimum atomic E-state index is -0.543. The van der Waals surface area contributed by atoms with Gasteiger partial charge in [-0.05, 0) is 32.3 Å². The number of anilines is 1. The van der Waals surface area contributed by atoms with Gasteiger partial charge in [0.15, 0.2) is 0 Å². The molecular formula is C14H21N3OS. The summed E-state index contributed by atoms with van der Waals surface area (Å²) in [4.78, 5) is 13.5. The molecule has 4 nitrogen and oxygen atoms in total. The Morgan fingerprint density at radius 3 is 2.42 bits per heavy atom. The van der Waals surface area contributed by atoms with Crippen molar-refractivity contribution in [3.63, 3.8) is 0 Å². The van der Waals surface area contributed by atoms with Crippen LogP contribution in [0.3, 0.4) is 0 Å². The maximum absolute atomic E-state index is 12.4. The van der Waals surface area contributed by atoms with Gasteiger partial charge < -0.3 is 11.1 Å². The van der Waals surface area contributed by atoms with E-state index >= 15 is 0 Å². The number of nitrogens with two attached hydrogens (primary N) is 1. The molecule has 1 aromatic rings. The van der Waals surface area contributed by atoms with Crippen LogP contribution in [0, 0.1) is 30.6 Å². The first-order chi connectivity index (χ1) is 8.95. The van der Waals surface area contributed by atoms with Crippen molar-refractivity contribution >= 4 is 22.2 Å². The number of nitrogens with zero attached hydrogens (tertiary/aromatic N) is 1. The van der Waals surface area contributed by atoms with E-state index in [0.717, 1.165) is 10.4 Å². The third-order valence-corrected chi connectivity index (χ3v) is 5.07. The lowest BCUT2D eigenvalue weighted by atomic mass is 9.81. The fraction of sp³-hybridized carbons (Fsp3) is 0.571. The average Bonchev–Trinajstić information content (AvgIpc) is 2.67. The van der Waals surface area contributed by atoms with E-state index in [9.17, 15) is 10.1 Å². The van der Waals surface area contributed by atoms with Crippen molar-refractivity contribution in [3.8, 4) is 6.07 Å². The molecule has 0 aliphatic rings. The molecule has 19 heavy (non-hydrogen) atoms. The lowest BCUT2D eigenvalue weighted by molar-refractivity contribution is -0.125. The van der Waals surface area contributed by atoms with E-state index in [1.807, 2.05) is 27.7 Å². The molecule has 0 radical (unpaired) electrons. The molecular weight excluding hydrogens is 258 g/mol. The number of nitriles is 1. The Morgan fingerprint density at radius 1 is 1.42 bits per heavy atom. The van der Waals surface area contributed by atoms with Gasteiger partial charge in [-0.25, -0.2) is 0 Å². The zero-order valence-corrected chi connectivity index (χ0v) is 12.8. The number of aryl methyl sites for hydroxylation is 1. The molecule has 0 aliphatic heterocycles. The second kappa shape index (κ2) is 6.18. The van der Waals surface area contributed by atoms with Gasteiger partial charge in [0, 0.05) is 11.4 Å². The summed E-state index contributed by atoms with van der Waals surface area (Å²) in [6, 6.07) is 2.16. The van der Waals surface area contributed by atoms with Crippen LogP contribution < -0.4 is 11.1 Å². The molecule has 0 spiro atoms. The summed E-state index contributed by atoms with van der Waals surface area (Å²) in [7, 11) is 0. The predicted octanol–water partition coefficient (Wildman–Crippen LogP) is 2.94. The average molecular weight is 279 g/mol. The van der Waals surface area contributed by atoms with E-state index < -0.39 is 5.41 Å². The van der Waals surface area contributed by atoms with E-state index in [1.165, 1.54) is 11.3 Å². The molecule has 0 bridgehead atoms. The molecule has 0 saturated carbocycles. The zero-order valence-electron chi connectivity index (χ0n) is 12.0. The predicted molar refractivity (Wildman–Crippen MR) is 79.2 cm³/mol. The minimum absolute atomic E-state index is 0.0854. The Morgan fingerprint density at radius 2 is 2.00 bits per heavy atom. The lowest BCUT2D eigenvalue weighted by Crippen LogP contribution is -2.41. The van der Waals surface area contributed by atoms with Crippen LogP contribution in [0.1, 0.15) is 42.7 Å². The van der Waals surface area contributed by atoms with Crippen LogP contribution in [0.15, 0.2) is 0 Å². The van der Waals surface area contributed by atoms with Crippen molar-refractivity contribution in [1.29, 1.82) is 5.26 Å². The Hall–Kier alpha value is -1.38. The maximum atomic E-state index is 12.4. The summed E-state index contributed by atoms with van der Waals surface area (Å²) >= 11 is 1.45. The molecule has 1 rings (SSSR count). The van der Waals surface area contributed by atoms with Crippen LogP contribution in [0.25, 0.3) is 0 Å². The van der Waals surface area contributed by atoms with Crippen LogP contribution in [0.4, 0.5) is 5.00 Å². The van der Waals surface area contributed by atoms with Crippen LogP contribution in [0.5, 0.6) is 0 Å². The minimum Gasteiger partial charge on any atom is -0.329 e. The van der Waals surface area contributed by atoms with E-state index in [1.54, 1.807) is 0 Å². The summed E-state index contributed by atoms with van der Waals surface area (Å²) in [5.74, 6) is -0.0854. The zero-order chi connectivity index (χ0) is 14.6. The highest BCUT2D eigenvalue weighted by atomic mass is 32.1. The smallest absolute Gasteiger partial charge is 0.232 e. The summed E-state index contributed by atoms with van der Waals surface area (Å²) in [6.45, 7) is 8.09. The van der Waals surface area contributed by atoms with Gasteiger partial charge in [-0.2, -0.15) is 5.26 Å². The molecule has 0 unspecified atom stereocenters. The number of nitrogens with one attached hydrogen (secondary N) is 1. The van der Waals surface area contributed by atoms with Gasteiger partial charge in [0.2, 0.25) is 5.91 Å². The van der Waals surface area contributed by atoms with Gasteiger partial charge in [0.1, 0.15) is 11.1 Å². The number of thiophene rings is 1. The quantitative estimate of drug-likeness (QED) is 0.869. The molecule has 1 aromatic heterocycles. The van der Waals surface area contributed by atoms with E-state index in [2.05, 4.69) is 11.4 Å². The Balaban J connectivity index is 3.07. The SMILES string of the molecule is CCC(CC)(CN)C(=O)Nc1sc(C)c(C)c1C#N. The summed E-state index contributed by atoms with van der Waals surface area (Å²) < 4.78 is 0. The van der Waals surface area contributed by atoms with Gasteiger partial charge in [-0.3, -0.25) is 4.79 Å². The molecule has 0 aliphatic carbocycles. The van der Waals surface area contributed by atoms with Crippen molar-refractivity contribution in [3.05, 3.63) is 16.0 Å². The molecule has 0 atom stereocenters. The highest BCUT2D eigenvalue weighted by Gasteiger charge is 2.34. The molecule has 5 heteroatoms. The van der Waals surface area contributed by atoms with Crippen LogP contribution in [-0.2, 0) is 4.79 Å². The number of rotatable bonds is 5. The topological polar surface area (TPSA) is 78.9 Å². The number of hydrogen-bond donors (Lipinski definition) is 2. The molecule has 1 heterocycles. The second-order valence-electron chi connectivity index (χ2n) is 4.74. The number of carbonyl (C=O) groups excluding carboxylic acids is 1. The van der Waals surface area contributed by atoms with Crippen molar-refractivity contribution < 1.29 is 4.79 Å². The van der Waals surface area contributed by atoms with Gasteiger partial charge in [0.05, 0.1) is 11.0 Å². The Labute approximate surface area is 118 Å². The Bertz CT molecular complexity index is 501. The van der Waals surface area contributed by atoms with Crippen LogP contribution >= 0.6 is 11.3 Å². The highest BCUT2D eigenvalue weighted by molar-refractivity contribution is 7.16. The van der Waals surface area contributed by atoms with E-state index in [-0.39, 0.29) is 5.91 Å². The number of carbonyl (C=O) groups is 1. The first-order valence-electron chi connectivity index (χ1n) is 6.47. The lowest BCUT2D eigenvalue weighted by Gasteiger charge is -2.28. The third-order valence-electron chi connectivity index (χ3n) is 3.95.